The molecule has 1 saturated heterocycles. The number of carbonyl (C=O) groups excluding carboxylic acids is 2. The monoisotopic (exact) mass is 322 g/mol. The van der Waals surface area contributed by atoms with Gasteiger partial charge in [-0.15, -0.1) is 0 Å². The van der Waals surface area contributed by atoms with Crippen LogP contribution >= 0.6 is 0 Å². The van der Waals surface area contributed by atoms with E-state index in [2.05, 4.69) is 9.47 Å². The maximum atomic E-state index is 12.9. The zero-order valence-corrected chi connectivity index (χ0v) is 10.7. The Balaban J connectivity index is 2.47. The lowest BCUT2D eigenvalue weighted by Gasteiger charge is -2.21. The molecule has 1 atom stereocenters. The maximum absolute atomic E-state index is 12.9. The van der Waals surface area contributed by atoms with Crippen molar-refractivity contribution < 1.29 is 45.0 Å². The number of hydrogen-bond acceptors (Lipinski definition) is 6. The molecule has 1 heterocycles. The quantitative estimate of drug-likeness (QED) is 0.434. The molecule has 1 aliphatic rings. The van der Waals surface area contributed by atoms with Gasteiger partial charge in [0.2, 0.25) is 10.7 Å². The molecule has 1 fully saturated rings. The molecule has 0 radical (unpaired) electrons. The molecule has 116 valence electrons. The molecule has 0 aromatic carbocycles. The summed E-state index contributed by atoms with van der Waals surface area (Å²) in [5.41, 5.74) is 0. The number of cyclic esters (lactones) is 1. The van der Waals surface area contributed by atoms with Gasteiger partial charge in [-0.25, -0.2) is 13.2 Å². The Labute approximate surface area is 112 Å². The third-order valence-corrected chi connectivity index (χ3v) is 3.26. The van der Waals surface area contributed by atoms with Crippen LogP contribution in [0.1, 0.15) is 19.3 Å². The van der Waals surface area contributed by atoms with Gasteiger partial charge in [0.1, 0.15) is 0 Å². The van der Waals surface area contributed by atoms with Crippen LogP contribution in [0, 0.1) is 0 Å². The summed E-state index contributed by atoms with van der Waals surface area (Å²) < 4.78 is 80.0. The SMILES string of the molecule is O=C1CCC(C(=O)OCCC(F)(F)C(F)(F)[SH](=O)=O)O1. The topological polar surface area (TPSA) is 86.7 Å². The van der Waals surface area contributed by atoms with Crippen LogP contribution < -0.4 is 0 Å². The van der Waals surface area contributed by atoms with Gasteiger partial charge in [-0.2, -0.15) is 17.6 Å². The van der Waals surface area contributed by atoms with Gasteiger partial charge < -0.3 is 9.47 Å². The van der Waals surface area contributed by atoms with Gasteiger partial charge in [0.05, 0.1) is 13.0 Å². The van der Waals surface area contributed by atoms with E-state index in [4.69, 9.17) is 0 Å². The molecule has 0 saturated carbocycles. The smallest absolute Gasteiger partial charge is 0.404 e. The predicted molar refractivity (Wildman–Crippen MR) is 54.9 cm³/mol. The van der Waals surface area contributed by atoms with Gasteiger partial charge in [0, 0.05) is 12.8 Å². The minimum atomic E-state index is -5.23. The van der Waals surface area contributed by atoms with Crippen molar-refractivity contribution in [1.82, 2.24) is 0 Å². The lowest BCUT2D eigenvalue weighted by atomic mass is 10.2. The summed E-state index contributed by atoms with van der Waals surface area (Å²) in [5, 5.41) is -5.23. The highest BCUT2D eigenvalue weighted by Crippen LogP contribution is 2.37. The minimum Gasteiger partial charge on any atom is -0.463 e. The van der Waals surface area contributed by atoms with Crippen LogP contribution in [0.2, 0.25) is 0 Å². The highest BCUT2D eigenvalue weighted by molar-refractivity contribution is 7.73. The second-order valence-corrected chi connectivity index (χ2v) is 5.01. The average Bonchev–Trinajstić information content (AvgIpc) is 2.75. The Morgan fingerprint density at radius 1 is 1.35 bits per heavy atom. The second kappa shape index (κ2) is 5.94. The second-order valence-electron chi connectivity index (χ2n) is 3.94. The third kappa shape index (κ3) is 3.58. The number of thiol groups is 1. The number of alkyl halides is 4. The number of esters is 2. The molecule has 0 amide bonds. The van der Waals surface area contributed by atoms with Crippen molar-refractivity contribution in [3.8, 4) is 0 Å². The minimum absolute atomic E-state index is 0.0106. The van der Waals surface area contributed by atoms with E-state index in [1.165, 1.54) is 0 Å². The molecule has 0 spiro atoms. The first-order chi connectivity index (χ1) is 9.08. The van der Waals surface area contributed by atoms with Gasteiger partial charge >= 0.3 is 23.1 Å². The molecule has 1 rings (SSSR count). The Hall–Kier alpha value is -1.39. The fraction of sp³-hybridized carbons (Fsp3) is 0.778. The van der Waals surface area contributed by atoms with E-state index in [1.54, 1.807) is 0 Å². The van der Waals surface area contributed by atoms with Crippen LogP contribution in [0.4, 0.5) is 17.6 Å². The Bertz CT molecular complexity index is 467. The van der Waals surface area contributed by atoms with Crippen LogP contribution in [0.25, 0.3) is 0 Å². The summed E-state index contributed by atoms with van der Waals surface area (Å²) in [5.74, 6) is -6.66. The summed E-state index contributed by atoms with van der Waals surface area (Å²) >= 11 is 0. The van der Waals surface area contributed by atoms with Crippen molar-refractivity contribution in [3.63, 3.8) is 0 Å². The molecular weight excluding hydrogens is 312 g/mol. The highest BCUT2D eigenvalue weighted by Gasteiger charge is 2.59. The first-order valence-corrected chi connectivity index (χ1v) is 6.52. The Morgan fingerprint density at radius 3 is 2.40 bits per heavy atom. The molecule has 0 aliphatic carbocycles. The molecule has 11 heteroatoms. The van der Waals surface area contributed by atoms with Crippen molar-refractivity contribution >= 4 is 22.6 Å². The van der Waals surface area contributed by atoms with E-state index in [9.17, 15) is 35.6 Å². The molecule has 20 heavy (non-hydrogen) atoms. The predicted octanol–water partition coefficient (Wildman–Crippen LogP) is 0.465. The maximum Gasteiger partial charge on any atom is 0.404 e. The number of carbonyl (C=O) groups is 2. The van der Waals surface area contributed by atoms with Gasteiger partial charge in [0.25, 0.3) is 0 Å². The van der Waals surface area contributed by atoms with Crippen molar-refractivity contribution in [2.75, 3.05) is 6.61 Å². The molecule has 1 aliphatic heterocycles. The van der Waals surface area contributed by atoms with E-state index in [0.717, 1.165) is 0 Å². The molecule has 1 unspecified atom stereocenters. The fourth-order valence-electron chi connectivity index (χ4n) is 1.35. The van der Waals surface area contributed by atoms with Crippen LogP contribution in [0.15, 0.2) is 0 Å². The summed E-state index contributed by atoms with van der Waals surface area (Å²) in [7, 11) is -4.67. The summed E-state index contributed by atoms with van der Waals surface area (Å²) in [4.78, 5) is 21.9. The molecule has 0 aromatic rings. The first-order valence-electron chi connectivity index (χ1n) is 5.34. The third-order valence-electron chi connectivity index (χ3n) is 2.48. The average molecular weight is 322 g/mol. The van der Waals surface area contributed by atoms with Crippen LogP contribution in [0.5, 0.6) is 0 Å². The lowest BCUT2D eigenvalue weighted by Crippen LogP contribution is -2.42. The molecular formula is C9H10F4O6S. The normalized spacial score (nSPS) is 20.1. The van der Waals surface area contributed by atoms with Crippen LogP contribution in [0.3, 0.4) is 0 Å². The molecule has 0 bridgehead atoms. The van der Waals surface area contributed by atoms with Crippen LogP contribution in [-0.2, 0) is 29.8 Å². The summed E-state index contributed by atoms with van der Waals surface area (Å²) in [6, 6.07) is 0. The van der Waals surface area contributed by atoms with E-state index in [-0.39, 0.29) is 12.8 Å². The largest absolute Gasteiger partial charge is 0.463 e. The Morgan fingerprint density at radius 2 is 1.95 bits per heavy atom. The number of hydrogen-bond donors (Lipinski definition) is 1. The molecule has 0 N–H and O–H groups in total. The van der Waals surface area contributed by atoms with Crippen molar-refractivity contribution in [3.05, 3.63) is 0 Å². The molecule has 0 aromatic heterocycles. The van der Waals surface area contributed by atoms with E-state index in [1.807, 2.05) is 0 Å². The van der Waals surface area contributed by atoms with Gasteiger partial charge in [-0.3, -0.25) is 4.79 Å². The van der Waals surface area contributed by atoms with Crippen molar-refractivity contribution in [2.24, 2.45) is 0 Å². The highest BCUT2D eigenvalue weighted by atomic mass is 32.2. The standard InChI is InChI=1S/C9H10F4O6S/c10-8(11,9(12,13)20(16)17)3-4-18-7(15)5-1-2-6(14)19-5/h5,20H,1-4H2. The molecule has 6 nitrogen and oxygen atoms in total. The van der Waals surface area contributed by atoms with E-state index < -0.39 is 53.0 Å². The first kappa shape index (κ1) is 16.7. The van der Waals surface area contributed by atoms with E-state index >= 15 is 0 Å². The zero-order chi connectivity index (χ0) is 15.6. The summed E-state index contributed by atoms with van der Waals surface area (Å²) in [6.45, 7) is -1.13. The number of halogens is 4. The summed E-state index contributed by atoms with van der Waals surface area (Å²) in [6.07, 6.45) is -2.94. The van der Waals surface area contributed by atoms with Gasteiger partial charge in [0.15, 0.2) is 6.10 Å². The zero-order valence-electron chi connectivity index (χ0n) is 9.81. The van der Waals surface area contributed by atoms with Crippen molar-refractivity contribution in [2.45, 2.75) is 36.5 Å². The number of rotatable bonds is 6. The van der Waals surface area contributed by atoms with Gasteiger partial charge in [-0.05, 0) is 0 Å². The van der Waals surface area contributed by atoms with Crippen molar-refractivity contribution in [1.29, 1.82) is 0 Å². The van der Waals surface area contributed by atoms with Gasteiger partial charge in [-0.1, -0.05) is 0 Å². The lowest BCUT2D eigenvalue weighted by molar-refractivity contribution is -0.176. The Kier molecular flexibility index (Phi) is 4.95. The fourth-order valence-corrected chi connectivity index (χ4v) is 1.73. The van der Waals surface area contributed by atoms with Crippen LogP contribution in [-0.4, -0.2) is 44.2 Å². The van der Waals surface area contributed by atoms with E-state index in [0.29, 0.717) is 0 Å². The number of ether oxygens (including phenoxy) is 2.